The van der Waals surface area contributed by atoms with Gasteiger partial charge in [-0.05, 0) is 23.3 Å². The zero-order valence-electron chi connectivity index (χ0n) is 13.7. The fourth-order valence-electron chi connectivity index (χ4n) is 2.38. The molecule has 0 aliphatic carbocycles. The summed E-state index contributed by atoms with van der Waals surface area (Å²) in [7, 11) is 3.07. The number of carbonyl (C=O) groups is 1. The molecule has 0 radical (unpaired) electrons. The lowest BCUT2D eigenvalue weighted by atomic mass is 10.1. The van der Waals surface area contributed by atoms with Crippen LogP contribution in [-0.2, 0) is 16.0 Å². The highest BCUT2D eigenvalue weighted by molar-refractivity contribution is 7.91. The molecule has 0 heterocycles. The number of methoxy groups -OCH3 is 2. The molecule has 2 rings (SSSR count). The summed E-state index contributed by atoms with van der Waals surface area (Å²) in [4.78, 5) is 12.4. The SMILES string of the molecule is COc1ccc([S+]([O-])C(CC(=O)CN)c2ccccc2)cc1OC. The Morgan fingerprint density at radius 3 is 2.38 bits per heavy atom. The van der Waals surface area contributed by atoms with Crippen molar-refractivity contribution in [3.05, 3.63) is 54.1 Å². The van der Waals surface area contributed by atoms with Crippen molar-refractivity contribution in [2.45, 2.75) is 16.6 Å². The summed E-state index contributed by atoms with van der Waals surface area (Å²) in [6, 6.07) is 14.4. The van der Waals surface area contributed by atoms with Gasteiger partial charge in [0.05, 0.1) is 27.2 Å². The molecule has 128 valence electrons. The maximum absolute atomic E-state index is 13.1. The predicted octanol–water partition coefficient (Wildman–Crippen LogP) is 2.47. The van der Waals surface area contributed by atoms with Gasteiger partial charge in [-0.2, -0.15) is 0 Å². The smallest absolute Gasteiger partial charge is 0.165 e. The first-order chi connectivity index (χ1) is 11.6. The standard InChI is InChI=1S/C18H21NO4S/c1-22-16-9-8-15(11-17(16)23-2)24(21)18(10-14(20)12-19)13-6-4-3-5-7-13/h3-9,11,18H,10,12,19H2,1-2H3. The van der Waals surface area contributed by atoms with Crippen molar-refractivity contribution >= 4 is 17.0 Å². The summed E-state index contributed by atoms with van der Waals surface area (Å²) in [6.45, 7) is -0.0630. The molecule has 0 amide bonds. The highest BCUT2D eigenvalue weighted by atomic mass is 32.2. The third kappa shape index (κ3) is 4.29. The highest BCUT2D eigenvalue weighted by Crippen LogP contribution is 2.36. The molecule has 2 unspecified atom stereocenters. The third-order valence-electron chi connectivity index (χ3n) is 3.66. The van der Waals surface area contributed by atoms with Crippen molar-refractivity contribution in [1.82, 2.24) is 0 Å². The number of ether oxygens (including phenoxy) is 2. The van der Waals surface area contributed by atoms with E-state index in [1.807, 2.05) is 30.3 Å². The van der Waals surface area contributed by atoms with Crippen LogP contribution in [0.2, 0.25) is 0 Å². The Bertz CT molecular complexity index is 678. The average molecular weight is 347 g/mol. The molecular formula is C18H21NO4S. The van der Waals surface area contributed by atoms with Crippen LogP contribution in [0.15, 0.2) is 53.4 Å². The van der Waals surface area contributed by atoms with Crippen molar-refractivity contribution in [3.8, 4) is 11.5 Å². The summed E-state index contributed by atoms with van der Waals surface area (Å²) < 4.78 is 23.6. The zero-order valence-corrected chi connectivity index (χ0v) is 14.5. The lowest BCUT2D eigenvalue weighted by Crippen LogP contribution is -2.22. The van der Waals surface area contributed by atoms with Gasteiger partial charge in [0, 0.05) is 11.6 Å². The summed E-state index contributed by atoms with van der Waals surface area (Å²) in [5.41, 5.74) is 6.28. The number of Topliss-reactive ketones (excluding diaryl/α,β-unsaturated/α-hetero) is 1. The lowest BCUT2D eigenvalue weighted by Gasteiger charge is -2.22. The molecule has 0 aliphatic heterocycles. The molecule has 0 fully saturated rings. The van der Waals surface area contributed by atoms with E-state index < -0.39 is 16.4 Å². The van der Waals surface area contributed by atoms with Gasteiger partial charge >= 0.3 is 0 Å². The number of carbonyl (C=O) groups excluding carboxylic acids is 1. The normalized spacial score (nSPS) is 13.2. The van der Waals surface area contributed by atoms with Gasteiger partial charge in [-0.1, -0.05) is 30.3 Å². The first kappa shape index (κ1) is 18.3. The monoisotopic (exact) mass is 347 g/mol. The van der Waals surface area contributed by atoms with Crippen LogP contribution in [0.3, 0.4) is 0 Å². The van der Waals surface area contributed by atoms with E-state index in [1.54, 1.807) is 25.3 Å². The minimum Gasteiger partial charge on any atom is -0.611 e. The Morgan fingerprint density at radius 1 is 1.12 bits per heavy atom. The van der Waals surface area contributed by atoms with E-state index in [0.29, 0.717) is 16.4 Å². The molecule has 24 heavy (non-hydrogen) atoms. The van der Waals surface area contributed by atoms with Gasteiger partial charge in [-0.25, -0.2) is 0 Å². The van der Waals surface area contributed by atoms with E-state index in [2.05, 4.69) is 0 Å². The molecule has 5 nitrogen and oxygen atoms in total. The van der Waals surface area contributed by atoms with Gasteiger partial charge in [0.1, 0.15) is 0 Å². The molecule has 0 spiro atoms. The Labute approximate surface area is 145 Å². The van der Waals surface area contributed by atoms with E-state index >= 15 is 0 Å². The molecule has 2 aromatic carbocycles. The Morgan fingerprint density at radius 2 is 1.79 bits per heavy atom. The number of rotatable bonds is 8. The van der Waals surface area contributed by atoms with Gasteiger partial charge in [0.25, 0.3) is 0 Å². The van der Waals surface area contributed by atoms with Crippen molar-refractivity contribution in [2.75, 3.05) is 20.8 Å². The fourth-order valence-corrected chi connectivity index (χ4v) is 3.88. The summed E-state index contributed by atoms with van der Waals surface area (Å²) in [6.07, 6.45) is 0.126. The average Bonchev–Trinajstić information content (AvgIpc) is 2.65. The molecule has 2 N–H and O–H groups in total. The molecule has 2 atom stereocenters. The zero-order chi connectivity index (χ0) is 17.5. The maximum atomic E-state index is 13.1. The lowest BCUT2D eigenvalue weighted by molar-refractivity contribution is -0.117. The minimum atomic E-state index is -1.43. The third-order valence-corrected chi connectivity index (χ3v) is 5.33. The van der Waals surface area contributed by atoms with E-state index in [9.17, 15) is 9.35 Å². The maximum Gasteiger partial charge on any atom is 0.165 e. The second-order valence-electron chi connectivity index (χ2n) is 5.16. The van der Waals surface area contributed by atoms with Crippen molar-refractivity contribution in [2.24, 2.45) is 5.73 Å². The van der Waals surface area contributed by atoms with Gasteiger partial charge in [0.2, 0.25) is 0 Å². The second kappa shape index (κ2) is 8.73. The molecule has 0 aliphatic rings. The van der Waals surface area contributed by atoms with Crippen molar-refractivity contribution in [1.29, 1.82) is 0 Å². The molecule has 0 aromatic heterocycles. The predicted molar refractivity (Wildman–Crippen MR) is 93.8 cm³/mol. The quantitative estimate of drug-likeness (QED) is 0.742. The number of nitrogens with two attached hydrogens (primary N) is 1. The Hall–Kier alpha value is -2.02. The molecule has 6 heteroatoms. The van der Waals surface area contributed by atoms with Crippen molar-refractivity contribution in [3.63, 3.8) is 0 Å². The highest BCUT2D eigenvalue weighted by Gasteiger charge is 2.29. The van der Waals surface area contributed by atoms with Crippen molar-refractivity contribution < 1.29 is 18.8 Å². The molecule has 0 saturated carbocycles. The summed E-state index contributed by atoms with van der Waals surface area (Å²) in [5.74, 6) is 0.936. The van der Waals surface area contributed by atoms with E-state index in [-0.39, 0.29) is 18.7 Å². The largest absolute Gasteiger partial charge is 0.611 e. The van der Waals surface area contributed by atoms with E-state index in [4.69, 9.17) is 15.2 Å². The number of hydrogen-bond donors (Lipinski definition) is 1. The first-order valence-corrected chi connectivity index (χ1v) is 8.71. The molecule has 2 aromatic rings. The first-order valence-electron chi connectivity index (χ1n) is 7.50. The van der Waals surface area contributed by atoms with Crippen LogP contribution in [0.25, 0.3) is 0 Å². The Balaban J connectivity index is 2.37. The molecule has 0 saturated heterocycles. The second-order valence-corrected chi connectivity index (χ2v) is 6.80. The number of hydrogen-bond acceptors (Lipinski definition) is 5. The van der Waals surface area contributed by atoms with Crippen LogP contribution >= 0.6 is 0 Å². The number of ketones is 1. The topological polar surface area (TPSA) is 84.6 Å². The van der Waals surface area contributed by atoms with Crippen LogP contribution in [0.5, 0.6) is 11.5 Å². The number of benzene rings is 2. The molecular weight excluding hydrogens is 326 g/mol. The van der Waals surface area contributed by atoms with Crippen LogP contribution in [0.1, 0.15) is 17.2 Å². The van der Waals surface area contributed by atoms with Crippen LogP contribution in [0, 0.1) is 0 Å². The van der Waals surface area contributed by atoms with Crippen LogP contribution in [-0.4, -0.2) is 31.1 Å². The van der Waals surface area contributed by atoms with E-state index in [0.717, 1.165) is 5.56 Å². The fraction of sp³-hybridized carbons (Fsp3) is 0.278. The molecule has 0 bridgehead atoms. The summed E-state index contributed by atoms with van der Waals surface area (Å²) >= 11 is -1.43. The Kier molecular flexibility index (Phi) is 6.66. The minimum absolute atomic E-state index is 0.0630. The van der Waals surface area contributed by atoms with Crippen LogP contribution in [0.4, 0.5) is 0 Å². The van der Waals surface area contributed by atoms with Gasteiger partial charge in [0.15, 0.2) is 27.4 Å². The van der Waals surface area contributed by atoms with Gasteiger partial charge < -0.3 is 19.8 Å². The van der Waals surface area contributed by atoms with Gasteiger partial charge in [-0.3, -0.25) is 4.79 Å². The summed E-state index contributed by atoms with van der Waals surface area (Å²) in [5, 5.41) is -0.458. The van der Waals surface area contributed by atoms with E-state index in [1.165, 1.54) is 7.11 Å². The van der Waals surface area contributed by atoms with Crippen LogP contribution < -0.4 is 15.2 Å². The van der Waals surface area contributed by atoms with Gasteiger partial charge in [-0.15, -0.1) is 0 Å².